The molecular weight excluding hydrogens is 336 g/mol. The zero-order valence-electron chi connectivity index (χ0n) is 15.1. The fourth-order valence-electron chi connectivity index (χ4n) is 3.77. The van der Waals surface area contributed by atoms with Crippen LogP contribution in [0.5, 0.6) is 0 Å². The molecule has 1 amide bonds. The van der Waals surface area contributed by atoms with Gasteiger partial charge >= 0.3 is 0 Å². The number of piperazine rings is 1. The summed E-state index contributed by atoms with van der Waals surface area (Å²) in [4.78, 5) is 24.0. The monoisotopic (exact) mass is 364 g/mol. The predicted octanol–water partition coefficient (Wildman–Crippen LogP) is 0.731. The predicted molar refractivity (Wildman–Crippen MR) is 99.9 cm³/mol. The number of hydrogen-bond donors (Lipinski definition) is 1. The van der Waals surface area contributed by atoms with Crippen molar-refractivity contribution >= 4 is 17.7 Å². The molecule has 7 heteroatoms. The fourth-order valence-corrected chi connectivity index (χ4v) is 4.31. The Morgan fingerprint density at radius 3 is 2.68 bits per heavy atom. The molecule has 1 N–H and O–H groups in total. The van der Waals surface area contributed by atoms with Crippen LogP contribution < -0.4 is 0 Å². The Kier molecular flexibility index (Phi) is 6.33. The molecule has 1 aromatic rings. The first-order valence-corrected chi connectivity index (χ1v) is 10.1. The van der Waals surface area contributed by atoms with Gasteiger partial charge in [0.15, 0.2) is 0 Å². The van der Waals surface area contributed by atoms with Crippen molar-refractivity contribution in [2.24, 2.45) is 11.8 Å². The second-order valence-corrected chi connectivity index (χ2v) is 7.87. The molecule has 25 heavy (non-hydrogen) atoms. The number of aliphatic hydroxyl groups is 1. The van der Waals surface area contributed by atoms with Gasteiger partial charge in [0.25, 0.3) is 5.91 Å². The molecule has 2 saturated heterocycles. The summed E-state index contributed by atoms with van der Waals surface area (Å²) in [5.41, 5.74) is 0.673. The van der Waals surface area contributed by atoms with Gasteiger partial charge in [0.2, 0.25) is 0 Å². The van der Waals surface area contributed by atoms with E-state index >= 15 is 0 Å². The molecule has 0 aliphatic carbocycles. The smallest absolute Gasteiger partial charge is 0.256 e. The summed E-state index contributed by atoms with van der Waals surface area (Å²) >= 11 is 1.50. The van der Waals surface area contributed by atoms with Gasteiger partial charge in [-0.25, -0.2) is 4.98 Å². The van der Waals surface area contributed by atoms with E-state index in [2.05, 4.69) is 21.8 Å². The second-order valence-electron chi connectivity index (χ2n) is 7.08. The fraction of sp³-hybridized carbons (Fsp3) is 0.667. The maximum atomic E-state index is 12.9. The van der Waals surface area contributed by atoms with Crippen molar-refractivity contribution in [1.82, 2.24) is 19.7 Å². The van der Waals surface area contributed by atoms with Gasteiger partial charge in [0.1, 0.15) is 5.03 Å². The number of pyridine rings is 1. The molecule has 1 aromatic heterocycles. The maximum absolute atomic E-state index is 12.9. The molecule has 0 spiro atoms. The lowest BCUT2D eigenvalue weighted by atomic mass is 9.96. The first kappa shape index (κ1) is 18.6. The van der Waals surface area contributed by atoms with E-state index in [0.717, 1.165) is 44.3 Å². The van der Waals surface area contributed by atoms with Gasteiger partial charge in [-0.2, -0.15) is 0 Å². The van der Waals surface area contributed by atoms with Gasteiger partial charge in [0, 0.05) is 64.5 Å². The topological polar surface area (TPSA) is 59.9 Å². The van der Waals surface area contributed by atoms with E-state index in [-0.39, 0.29) is 18.4 Å². The summed E-state index contributed by atoms with van der Waals surface area (Å²) in [6.45, 7) is 6.78. The summed E-state index contributed by atoms with van der Waals surface area (Å²) in [5, 5.41) is 10.6. The molecule has 3 heterocycles. The number of thioether (sulfide) groups is 1. The van der Waals surface area contributed by atoms with Gasteiger partial charge in [-0.3, -0.25) is 4.79 Å². The molecule has 0 saturated carbocycles. The number of nitrogens with zero attached hydrogens (tertiary/aromatic N) is 4. The van der Waals surface area contributed by atoms with E-state index in [1.807, 2.05) is 23.3 Å². The minimum atomic E-state index is 0.0387. The number of carbonyl (C=O) groups excluding carboxylic acids is 1. The Hall–Kier alpha value is -1.15. The third-order valence-electron chi connectivity index (χ3n) is 5.38. The van der Waals surface area contributed by atoms with Crippen LogP contribution in [0, 0.1) is 11.8 Å². The van der Waals surface area contributed by atoms with Gasteiger partial charge in [-0.1, -0.05) is 0 Å². The molecule has 138 valence electrons. The van der Waals surface area contributed by atoms with Gasteiger partial charge in [-0.05, 0) is 31.4 Å². The lowest BCUT2D eigenvalue weighted by Crippen LogP contribution is -2.47. The van der Waals surface area contributed by atoms with Crippen LogP contribution in [0.2, 0.25) is 0 Å². The Morgan fingerprint density at radius 2 is 2.00 bits per heavy atom. The summed E-state index contributed by atoms with van der Waals surface area (Å²) in [6, 6.07) is 3.66. The van der Waals surface area contributed by atoms with Crippen LogP contribution in [0.1, 0.15) is 10.4 Å². The van der Waals surface area contributed by atoms with E-state index in [1.165, 1.54) is 11.8 Å². The third kappa shape index (κ3) is 4.34. The molecular formula is C18H28N4O2S. The number of rotatable bonds is 5. The van der Waals surface area contributed by atoms with Gasteiger partial charge < -0.3 is 19.8 Å². The summed E-state index contributed by atoms with van der Waals surface area (Å²) in [5.74, 6) is 0.543. The number of likely N-dealkylation sites (N-methyl/N-ethyl adjacent to an activating group) is 1. The lowest BCUT2D eigenvalue weighted by Gasteiger charge is -2.34. The summed E-state index contributed by atoms with van der Waals surface area (Å²) < 4.78 is 0. The Morgan fingerprint density at radius 1 is 1.28 bits per heavy atom. The highest BCUT2D eigenvalue weighted by Crippen LogP contribution is 2.27. The van der Waals surface area contributed by atoms with E-state index < -0.39 is 0 Å². The van der Waals surface area contributed by atoms with E-state index in [0.29, 0.717) is 18.0 Å². The van der Waals surface area contributed by atoms with Crippen molar-refractivity contribution in [2.75, 3.05) is 65.7 Å². The Balaban J connectivity index is 1.65. The quantitative estimate of drug-likeness (QED) is 0.778. The SMILES string of the molecule is CSc1ncccc1C(=O)N1CC(CO)C(CN2CCN(C)CC2)C1. The maximum Gasteiger partial charge on any atom is 0.256 e. The first-order valence-electron chi connectivity index (χ1n) is 8.92. The molecule has 0 aromatic carbocycles. The van der Waals surface area contributed by atoms with Crippen LogP contribution in [0.3, 0.4) is 0 Å². The van der Waals surface area contributed by atoms with Crippen molar-refractivity contribution in [2.45, 2.75) is 5.03 Å². The van der Waals surface area contributed by atoms with E-state index in [1.54, 1.807) is 6.20 Å². The molecule has 2 atom stereocenters. The van der Waals surface area contributed by atoms with Gasteiger partial charge in [0.05, 0.1) is 5.56 Å². The Labute approximate surface area is 154 Å². The third-order valence-corrected chi connectivity index (χ3v) is 6.09. The van der Waals surface area contributed by atoms with Crippen LogP contribution in [-0.2, 0) is 0 Å². The lowest BCUT2D eigenvalue weighted by molar-refractivity contribution is 0.0773. The number of amides is 1. The second kappa shape index (κ2) is 8.49. The largest absolute Gasteiger partial charge is 0.396 e. The van der Waals surface area contributed by atoms with Crippen molar-refractivity contribution < 1.29 is 9.90 Å². The highest BCUT2D eigenvalue weighted by molar-refractivity contribution is 7.98. The number of aromatic nitrogens is 1. The van der Waals surface area contributed by atoms with Crippen molar-refractivity contribution in [1.29, 1.82) is 0 Å². The first-order chi connectivity index (χ1) is 12.1. The number of likely N-dealkylation sites (tertiary alicyclic amines) is 1. The molecule has 0 radical (unpaired) electrons. The zero-order chi connectivity index (χ0) is 17.8. The number of hydrogen-bond acceptors (Lipinski definition) is 6. The molecule has 2 aliphatic rings. The number of aliphatic hydroxyl groups excluding tert-OH is 1. The van der Waals surface area contributed by atoms with Crippen LogP contribution in [0.25, 0.3) is 0 Å². The normalized spacial score (nSPS) is 25.5. The minimum Gasteiger partial charge on any atom is -0.396 e. The van der Waals surface area contributed by atoms with E-state index in [4.69, 9.17) is 0 Å². The van der Waals surface area contributed by atoms with Crippen LogP contribution in [0.15, 0.2) is 23.4 Å². The molecule has 3 rings (SSSR count). The molecule has 6 nitrogen and oxygen atoms in total. The highest BCUT2D eigenvalue weighted by Gasteiger charge is 2.36. The molecule has 2 unspecified atom stereocenters. The number of carbonyl (C=O) groups is 1. The van der Waals surface area contributed by atoms with Crippen LogP contribution >= 0.6 is 11.8 Å². The molecule has 2 aliphatic heterocycles. The standard InChI is InChI=1S/C18H28N4O2S/c1-20-6-8-21(9-7-20)10-14-11-22(12-15(14)13-23)18(24)16-4-3-5-19-17(16)25-2/h3-5,14-15,23H,6-13H2,1-2H3. The van der Waals surface area contributed by atoms with Crippen molar-refractivity contribution in [3.05, 3.63) is 23.9 Å². The van der Waals surface area contributed by atoms with Crippen LogP contribution in [-0.4, -0.2) is 96.4 Å². The molecule has 0 bridgehead atoms. The highest BCUT2D eigenvalue weighted by atomic mass is 32.2. The summed E-state index contributed by atoms with van der Waals surface area (Å²) in [6.07, 6.45) is 3.66. The van der Waals surface area contributed by atoms with Gasteiger partial charge in [-0.15, -0.1) is 11.8 Å². The van der Waals surface area contributed by atoms with Crippen molar-refractivity contribution in [3.8, 4) is 0 Å². The van der Waals surface area contributed by atoms with Crippen LogP contribution in [0.4, 0.5) is 0 Å². The summed E-state index contributed by atoms with van der Waals surface area (Å²) in [7, 11) is 2.15. The van der Waals surface area contributed by atoms with E-state index in [9.17, 15) is 9.90 Å². The van der Waals surface area contributed by atoms with Crippen molar-refractivity contribution in [3.63, 3.8) is 0 Å². The minimum absolute atomic E-state index is 0.0387. The average Bonchev–Trinajstić information content (AvgIpc) is 3.05. The molecule has 2 fully saturated rings. The Bertz CT molecular complexity index is 592. The average molecular weight is 365 g/mol. The zero-order valence-corrected chi connectivity index (χ0v) is 15.9.